The maximum Gasteiger partial charge on any atom is 0.253 e. The summed E-state index contributed by atoms with van der Waals surface area (Å²) < 4.78 is 32.8. The number of hydrogen-bond donors (Lipinski definition) is 1. The summed E-state index contributed by atoms with van der Waals surface area (Å²) in [5, 5.41) is 3.11. The molecule has 3 rings (SSSR count). The highest BCUT2D eigenvalue weighted by atomic mass is 19.1. The van der Waals surface area contributed by atoms with E-state index in [-0.39, 0.29) is 5.91 Å². The Bertz CT molecular complexity index is 559. The molecule has 0 spiro atoms. The first-order chi connectivity index (χ1) is 10.1. The van der Waals surface area contributed by atoms with Gasteiger partial charge in [-0.2, -0.15) is 0 Å². The summed E-state index contributed by atoms with van der Waals surface area (Å²) in [6, 6.07) is 1.82. The van der Waals surface area contributed by atoms with Crippen molar-refractivity contribution in [3.05, 3.63) is 34.9 Å². The van der Waals surface area contributed by atoms with Gasteiger partial charge in [0.2, 0.25) is 0 Å². The number of carbonyl (C=O) groups excluding carboxylic acids is 1. The molecule has 2 aliphatic heterocycles. The number of nitrogens with one attached hydrogen (secondary N) is 1. The molecule has 1 N–H and O–H groups in total. The van der Waals surface area contributed by atoms with E-state index in [0.29, 0.717) is 37.2 Å². The molecule has 1 saturated heterocycles. The van der Waals surface area contributed by atoms with E-state index in [1.807, 2.05) is 0 Å². The van der Waals surface area contributed by atoms with Crippen LogP contribution in [0.5, 0.6) is 0 Å². The summed E-state index contributed by atoms with van der Waals surface area (Å²) in [7, 11) is 0. The van der Waals surface area contributed by atoms with Crippen molar-refractivity contribution in [3.8, 4) is 0 Å². The third-order valence-electron chi connectivity index (χ3n) is 4.17. The minimum Gasteiger partial charge on any atom is -0.366 e. The molecule has 1 amide bonds. The summed E-state index contributed by atoms with van der Waals surface area (Å²) in [5.41, 5.74) is 1.06. The maximum atomic E-state index is 14.0. The van der Waals surface area contributed by atoms with Crippen LogP contribution in [-0.2, 0) is 16.0 Å². The molecule has 0 aliphatic carbocycles. The molecule has 21 heavy (non-hydrogen) atoms. The fraction of sp³-hybridized carbons (Fsp3) is 0.533. The Hall–Kier alpha value is -1.53. The smallest absolute Gasteiger partial charge is 0.253 e. The fourth-order valence-corrected chi connectivity index (χ4v) is 3.11. The number of nitrogens with zero attached hydrogens (tertiary/aromatic N) is 1. The van der Waals surface area contributed by atoms with Gasteiger partial charge in [-0.1, -0.05) is 0 Å². The molecule has 0 radical (unpaired) electrons. The lowest BCUT2D eigenvalue weighted by Crippen LogP contribution is -2.51. The Morgan fingerprint density at radius 1 is 1.43 bits per heavy atom. The van der Waals surface area contributed by atoms with Crippen molar-refractivity contribution in [1.29, 1.82) is 0 Å². The lowest BCUT2D eigenvalue weighted by atomic mass is 9.92. The van der Waals surface area contributed by atoms with Gasteiger partial charge in [-0.05, 0) is 25.0 Å². The summed E-state index contributed by atoms with van der Waals surface area (Å²) >= 11 is 0. The monoisotopic (exact) mass is 296 g/mol. The van der Waals surface area contributed by atoms with Gasteiger partial charge < -0.3 is 15.0 Å². The SMILES string of the molecule is CC1c2c(F)cc(F)cc2CCN1C(=O)[C@H]1CNCCO1. The number of morpholine rings is 1. The van der Waals surface area contributed by atoms with Gasteiger partial charge >= 0.3 is 0 Å². The number of benzene rings is 1. The minimum absolute atomic E-state index is 0.135. The third-order valence-corrected chi connectivity index (χ3v) is 4.17. The van der Waals surface area contributed by atoms with Crippen LogP contribution in [0.25, 0.3) is 0 Å². The number of fused-ring (bicyclic) bond motifs is 1. The molecule has 2 heterocycles. The quantitative estimate of drug-likeness (QED) is 0.852. The van der Waals surface area contributed by atoms with E-state index < -0.39 is 23.8 Å². The molecule has 2 atom stereocenters. The van der Waals surface area contributed by atoms with Crippen LogP contribution in [0.4, 0.5) is 8.78 Å². The molecule has 1 fully saturated rings. The first-order valence-corrected chi connectivity index (χ1v) is 7.18. The Morgan fingerprint density at radius 3 is 2.95 bits per heavy atom. The van der Waals surface area contributed by atoms with E-state index in [4.69, 9.17) is 4.74 Å². The number of halogens is 2. The number of carbonyl (C=O) groups is 1. The van der Waals surface area contributed by atoms with E-state index in [9.17, 15) is 13.6 Å². The second kappa shape index (κ2) is 5.69. The van der Waals surface area contributed by atoms with Crippen LogP contribution in [0.1, 0.15) is 24.1 Å². The number of amides is 1. The minimum atomic E-state index is -0.585. The van der Waals surface area contributed by atoms with Gasteiger partial charge in [0.15, 0.2) is 0 Å². The second-order valence-electron chi connectivity index (χ2n) is 5.48. The third kappa shape index (κ3) is 2.65. The average molecular weight is 296 g/mol. The van der Waals surface area contributed by atoms with Crippen LogP contribution < -0.4 is 5.32 Å². The molecule has 0 bridgehead atoms. The van der Waals surface area contributed by atoms with Crippen LogP contribution in [0.3, 0.4) is 0 Å². The lowest BCUT2D eigenvalue weighted by Gasteiger charge is -2.38. The van der Waals surface area contributed by atoms with E-state index in [1.54, 1.807) is 11.8 Å². The first kappa shape index (κ1) is 14.4. The zero-order chi connectivity index (χ0) is 15.0. The molecule has 114 valence electrons. The van der Waals surface area contributed by atoms with Crippen molar-refractivity contribution in [1.82, 2.24) is 10.2 Å². The molecule has 1 aromatic carbocycles. The predicted octanol–water partition coefficient (Wildman–Crippen LogP) is 1.40. The lowest BCUT2D eigenvalue weighted by molar-refractivity contribution is -0.148. The maximum absolute atomic E-state index is 14.0. The summed E-state index contributed by atoms with van der Waals surface area (Å²) in [6.45, 7) is 3.93. The molecule has 2 aliphatic rings. The van der Waals surface area contributed by atoms with Gasteiger partial charge in [-0.3, -0.25) is 4.79 Å². The molecular weight excluding hydrogens is 278 g/mol. The molecule has 6 heteroatoms. The Morgan fingerprint density at radius 2 is 2.24 bits per heavy atom. The predicted molar refractivity (Wildman–Crippen MR) is 72.8 cm³/mol. The van der Waals surface area contributed by atoms with Crippen LogP contribution in [0.15, 0.2) is 12.1 Å². The fourth-order valence-electron chi connectivity index (χ4n) is 3.11. The molecule has 0 saturated carbocycles. The van der Waals surface area contributed by atoms with Gasteiger partial charge in [0.1, 0.15) is 17.7 Å². The zero-order valence-corrected chi connectivity index (χ0v) is 11.9. The Balaban J connectivity index is 1.84. The zero-order valence-electron chi connectivity index (χ0n) is 11.9. The summed E-state index contributed by atoms with van der Waals surface area (Å²) in [4.78, 5) is 14.1. The van der Waals surface area contributed by atoms with Gasteiger partial charge in [-0.15, -0.1) is 0 Å². The van der Waals surface area contributed by atoms with Crippen LogP contribution in [0.2, 0.25) is 0 Å². The second-order valence-corrected chi connectivity index (χ2v) is 5.48. The van der Waals surface area contributed by atoms with Gasteiger partial charge in [-0.25, -0.2) is 8.78 Å². The highest BCUT2D eigenvalue weighted by Gasteiger charge is 2.34. The van der Waals surface area contributed by atoms with Gasteiger partial charge in [0.05, 0.1) is 12.6 Å². The molecular formula is C15H18F2N2O2. The van der Waals surface area contributed by atoms with Crippen molar-refractivity contribution in [2.75, 3.05) is 26.2 Å². The van der Waals surface area contributed by atoms with Gasteiger partial charge in [0.25, 0.3) is 5.91 Å². The van der Waals surface area contributed by atoms with E-state index in [2.05, 4.69) is 5.32 Å². The summed E-state index contributed by atoms with van der Waals surface area (Å²) in [6.07, 6.45) is -0.0634. The molecule has 0 aromatic heterocycles. The van der Waals surface area contributed by atoms with Crippen molar-refractivity contribution in [2.24, 2.45) is 0 Å². The highest BCUT2D eigenvalue weighted by molar-refractivity contribution is 5.82. The first-order valence-electron chi connectivity index (χ1n) is 7.18. The molecule has 4 nitrogen and oxygen atoms in total. The van der Waals surface area contributed by atoms with Gasteiger partial charge in [0, 0.05) is 31.3 Å². The Labute approximate surface area is 122 Å². The highest BCUT2D eigenvalue weighted by Crippen LogP contribution is 2.32. The normalized spacial score (nSPS) is 25.6. The van der Waals surface area contributed by atoms with Crippen molar-refractivity contribution < 1.29 is 18.3 Å². The van der Waals surface area contributed by atoms with Crippen molar-refractivity contribution in [3.63, 3.8) is 0 Å². The van der Waals surface area contributed by atoms with Crippen molar-refractivity contribution in [2.45, 2.75) is 25.5 Å². The largest absolute Gasteiger partial charge is 0.366 e. The van der Waals surface area contributed by atoms with Crippen LogP contribution in [-0.4, -0.2) is 43.2 Å². The van der Waals surface area contributed by atoms with E-state index in [0.717, 1.165) is 12.6 Å². The van der Waals surface area contributed by atoms with E-state index in [1.165, 1.54) is 6.07 Å². The number of hydrogen-bond acceptors (Lipinski definition) is 3. The van der Waals surface area contributed by atoms with Crippen LogP contribution >= 0.6 is 0 Å². The topological polar surface area (TPSA) is 41.6 Å². The van der Waals surface area contributed by atoms with Crippen LogP contribution in [0, 0.1) is 11.6 Å². The Kier molecular flexibility index (Phi) is 3.91. The van der Waals surface area contributed by atoms with Crippen molar-refractivity contribution >= 4 is 5.91 Å². The standard InChI is InChI=1S/C15H18F2N2O2/c1-9-14-10(6-11(16)7-12(14)17)2-4-19(9)15(20)13-8-18-3-5-21-13/h6-7,9,13,18H,2-5,8H2,1H3/t9?,13-/m1/s1. The molecule has 1 aromatic rings. The summed E-state index contributed by atoms with van der Waals surface area (Å²) in [5.74, 6) is -1.29. The average Bonchev–Trinajstić information content (AvgIpc) is 2.47. The number of ether oxygens (including phenoxy) is 1. The number of rotatable bonds is 1. The van der Waals surface area contributed by atoms with E-state index >= 15 is 0 Å². The molecule has 1 unspecified atom stereocenters.